The predicted molar refractivity (Wildman–Crippen MR) is 269 cm³/mol. The van der Waals surface area contributed by atoms with Crippen molar-refractivity contribution >= 4 is 66.8 Å². The Kier molecular flexibility index (Phi) is 8.84. The van der Waals surface area contributed by atoms with E-state index in [4.69, 9.17) is 4.42 Å². The lowest BCUT2D eigenvalue weighted by Crippen LogP contribution is -2.17. The van der Waals surface area contributed by atoms with E-state index < -0.39 is 0 Å². The second-order valence-electron chi connectivity index (χ2n) is 17.3. The Hall–Kier alpha value is -8.14. The van der Waals surface area contributed by atoms with Crippen molar-refractivity contribution in [1.82, 2.24) is 0 Å². The molecule has 1 aliphatic rings. The van der Waals surface area contributed by atoms with Crippen molar-refractivity contribution < 1.29 is 4.42 Å². The van der Waals surface area contributed by atoms with Gasteiger partial charge in [0.1, 0.15) is 5.58 Å². The molecule has 1 aromatic heterocycles. The normalized spacial score (nSPS) is 12.7. The second kappa shape index (κ2) is 15.0. The maximum absolute atomic E-state index is 6.80. The molecule has 0 aliphatic heterocycles. The first-order valence-corrected chi connectivity index (χ1v) is 22.1. The smallest absolute Gasteiger partial charge is 0.159 e. The maximum Gasteiger partial charge on any atom is 0.159 e. The molecule has 64 heavy (non-hydrogen) atoms. The Labute approximate surface area is 373 Å². The number of rotatable bonds is 8. The van der Waals surface area contributed by atoms with Crippen LogP contribution < -0.4 is 9.80 Å². The minimum atomic E-state index is -0.164. The molecule has 0 bridgehead atoms. The molecule has 0 fully saturated rings. The Morgan fingerprint density at radius 1 is 0.359 bits per heavy atom. The van der Waals surface area contributed by atoms with E-state index in [0.29, 0.717) is 0 Å². The highest BCUT2D eigenvalue weighted by molar-refractivity contribution is 6.11. The van der Waals surface area contributed by atoms with Gasteiger partial charge >= 0.3 is 0 Å². The molecule has 12 rings (SSSR count). The van der Waals surface area contributed by atoms with E-state index in [1.54, 1.807) is 0 Å². The number of furan rings is 1. The number of anilines is 6. The van der Waals surface area contributed by atoms with Gasteiger partial charge in [-0.1, -0.05) is 178 Å². The summed E-state index contributed by atoms with van der Waals surface area (Å²) in [7, 11) is 0. The molecular formula is C61H44N2O. The maximum atomic E-state index is 6.80. The van der Waals surface area contributed by atoms with E-state index in [2.05, 4.69) is 248 Å². The van der Waals surface area contributed by atoms with Crippen LogP contribution in [0, 0.1) is 0 Å². The highest BCUT2D eigenvalue weighted by Gasteiger charge is 2.36. The number of nitrogens with zero attached hydrogens (tertiary/aromatic N) is 2. The molecule has 0 spiro atoms. The molecule has 0 radical (unpaired) electrons. The molecule has 1 heterocycles. The van der Waals surface area contributed by atoms with Crippen LogP contribution in [0.25, 0.3) is 66.1 Å². The molecule has 10 aromatic carbocycles. The first kappa shape index (κ1) is 37.6. The first-order chi connectivity index (χ1) is 31.5. The van der Waals surface area contributed by atoms with E-state index in [-0.39, 0.29) is 5.41 Å². The van der Waals surface area contributed by atoms with Crippen molar-refractivity contribution in [3.63, 3.8) is 0 Å². The van der Waals surface area contributed by atoms with Crippen molar-refractivity contribution in [2.24, 2.45) is 0 Å². The van der Waals surface area contributed by atoms with Crippen LogP contribution in [0.2, 0.25) is 0 Å². The van der Waals surface area contributed by atoms with Crippen LogP contribution in [0.3, 0.4) is 0 Å². The number of benzene rings is 10. The summed E-state index contributed by atoms with van der Waals surface area (Å²) in [4.78, 5) is 4.80. The van der Waals surface area contributed by atoms with Gasteiger partial charge in [-0.15, -0.1) is 0 Å². The van der Waals surface area contributed by atoms with Gasteiger partial charge in [0.05, 0.1) is 5.69 Å². The Morgan fingerprint density at radius 2 is 0.953 bits per heavy atom. The minimum absolute atomic E-state index is 0.164. The molecule has 0 atom stereocenters. The number of para-hydroxylation sites is 4. The first-order valence-electron chi connectivity index (χ1n) is 22.1. The molecule has 0 saturated carbocycles. The molecule has 0 amide bonds. The third-order valence-electron chi connectivity index (χ3n) is 13.2. The molecule has 304 valence electrons. The van der Waals surface area contributed by atoms with E-state index in [1.807, 2.05) is 6.07 Å². The highest BCUT2D eigenvalue weighted by Crippen LogP contribution is 2.52. The van der Waals surface area contributed by atoms with Gasteiger partial charge < -0.3 is 14.2 Å². The van der Waals surface area contributed by atoms with Crippen LogP contribution >= 0.6 is 0 Å². The van der Waals surface area contributed by atoms with Crippen LogP contribution in [-0.2, 0) is 5.41 Å². The van der Waals surface area contributed by atoms with Crippen LogP contribution in [0.15, 0.2) is 235 Å². The predicted octanol–water partition coefficient (Wildman–Crippen LogP) is 17.3. The molecule has 0 unspecified atom stereocenters. The van der Waals surface area contributed by atoms with Crippen molar-refractivity contribution in [3.8, 4) is 33.4 Å². The summed E-state index contributed by atoms with van der Waals surface area (Å²) in [6, 6.07) is 83.5. The topological polar surface area (TPSA) is 19.6 Å². The summed E-state index contributed by atoms with van der Waals surface area (Å²) in [5, 5.41) is 4.60. The van der Waals surface area contributed by atoms with Gasteiger partial charge in [0.25, 0.3) is 0 Å². The Balaban J connectivity index is 1.16. The molecule has 0 N–H and O–H groups in total. The lowest BCUT2D eigenvalue weighted by molar-refractivity contribution is 0.660. The number of hydrogen-bond acceptors (Lipinski definition) is 3. The van der Waals surface area contributed by atoms with Crippen LogP contribution in [0.5, 0.6) is 0 Å². The van der Waals surface area contributed by atoms with Gasteiger partial charge in [-0.25, -0.2) is 0 Å². The Bertz CT molecular complexity index is 3530. The third kappa shape index (κ3) is 6.12. The fraction of sp³-hybridized carbons (Fsp3) is 0.0492. The molecule has 3 nitrogen and oxygen atoms in total. The summed E-state index contributed by atoms with van der Waals surface area (Å²) in [6.07, 6.45) is 0. The van der Waals surface area contributed by atoms with E-state index in [9.17, 15) is 0 Å². The quantitative estimate of drug-likeness (QED) is 0.152. The fourth-order valence-electron chi connectivity index (χ4n) is 10.2. The SMILES string of the molecule is CC1(C)c2ccccc2-c2ccc(N(c3ccccc3)c3cc(-c4ccc5ccccc5c4-c4ccccc4)cc(N(c4ccccc4)c4cccc5c4oc4ccccc45)c3)cc21. The Morgan fingerprint density at radius 3 is 1.73 bits per heavy atom. The van der Waals surface area contributed by atoms with Gasteiger partial charge in [0.15, 0.2) is 5.58 Å². The van der Waals surface area contributed by atoms with Crippen molar-refractivity contribution in [1.29, 1.82) is 0 Å². The summed E-state index contributed by atoms with van der Waals surface area (Å²) in [6.45, 7) is 4.71. The van der Waals surface area contributed by atoms with Gasteiger partial charge in [-0.2, -0.15) is 0 Å². The number of fused-ring (bicyclic) bond motifs is 7. The monoisotopic (exact) mass is 820 g/mol. The van der Waals surface area contributed by atoms with Gasteiger partial charge in [-0.3, -0.25) is 0 Å². The zero-order valence-electron chi connectivity index (χ0n) is 35.7. The molecule has 11 aromatic rings. The zero-order valence-corrected chi connectivity index (χ0v) is 35.7. The van der Waals surface area contributed by atoms with E-state index >= 15 is 0 Å². The van der Waals surface area contributed by atoms with Gasteiger partial charge in [0, 0.05) is 44.6 Å². The van der Waals surface area contributed by atoms with Crippen LogP contribution in [-0.4, -0.2) is 0 Å². The molecular weight excluding hydrogens is 777 g/mol. The lowest BCUT2D eigenvalue weighted by atomic mass is 9.82. The minimum Gasteiger partial charge on any atom is -0.454 e. The average Bonchev–Trinajstić information content (AvgIpc) is 3.84. The zero-order chi connectivity index (χ0) is 42.8. The average molecular weight is 821 g/mol. The second-order valence-corrected chi connectivity index (χ2v) is 17.3. The van der Waals surface area contributed by atoms with Crippen molar-refractivity contribution in [2.75, 3.05) is 9.80 Å². The van der Waals surface area contributed by atoms with Crippen LogP contribution in [0.4, 0.5) is 34.1 Å². The summed E-state index contributed by atoms with van der Waals surface area (Å²) in [5.74, 6) is 0. The summed E-state index contributed by atoms with van der Waals surface area (Å²) in [5.41, 5.74) is 17.7. The fourth-order valence-corrected chi connectivity index (χ4v) is 10.2. The highest BCUT2D eigenvalue weighted by atomic mass is 16.3. The lowest BCUT2D eigenvalue weighted by Gasteiger charge is -2.31. The molecule has 0 saturated heterocycles. The standard InChI is InChI=1S/C61H44N2O/c1-61(2)55-30-16-14-27-51(55)52-36-34-46(40-56(52)61)62(44-22-8-4-9-23-44)47-37-43(50-35-33-41-19-12-13-26-49(41)59(50)42-20-6-3-7-21-42)38-48(39-47)63(45-24-10-5-11-25-45)57-31-18-29-54-53-28-15-17-32-58(53)64-60(54)57/h3-40H,1-2H3. The van der Waals surface area contributed by atoms with Gasteiger partial charge in [-0.05, 0) is 122 Å². The van der Waals surface area contributed by atoms with Crippen molar-refractivity contribution in [2.45, 2.75) is 19.3 Å². The summed E-state index contributed by atoms with van der Waals surface area (Å²) >= 11 is 0. The van der Waals surface area contributed by atoms with Crippen LogP contribution in [0.1, 0.15) is 25.0 Å². The van der Waals surface area contributed by atoms with Gasteiger partial charge in [0.2, 0.25) is 0 Å². The third-order valence-corrected chi connectivity index (χ3v) is 13.2. The summed E-state index contributed by atoms with van der Waals surface area (Å²) < 4.78 is 6.80. The van der Waals surface area contributed by atoms with E-state index in [0.717, 1.165) is 67.2 Å². The molecule has 3 heteroatoms. The molecule has 1 aliphatic carbocycles. The van der Waals surface area contributed by atoms with Crippen molar-refractivity contribution in [3.05, 3.63) is 242 Å². The van der Waals surface area contributed by atoms with E-state index in [1.165, 1.54) is 44.2 Å². The number of hydrogen-bond donors (Lipinski definition) is 0. The largest absolute Gasteiger partial charge is 0.454 e.